The first-order chi connectivity index (χ1) is 12.8. The summed E-state index contributed by atoms with van der Waals surface area (Å²) in [5, 5.41) is 3.79. The van der Waals surface area contributed by atoms with Crippen molar-refractivity contribution in [1.29, 1.82) is 0 Å². The molecule has 0 spiro atoms. The third kappa shape index (κ3) is 5.19. The van der Waals surface area contributed by atoms with Crippen LogP contribution < -0.4 is 10.1 Å². The van der Waals surface area contributed by atoms with Crippen LogP contribution in [0.4, 0.5) is 22.0 Å². The molecule has 0 aliphatic heterocycles. The Morgan fingerprint density at radius 2 is 1.81 bits per heavy atom. The molecule has 0 aliphatic carbocycles. The Morgan fingerprint density at radius 1 is 1.04 bits per heavy atom. The van der Waals surface area contributed by atoms with Gasteiger partial charge in [-0.2, -0.15) is 13.2 Å². The summed E-state index contributed by atoms with van der Waals surface area (Å²) in [6.07, 6.45) is -2.10. The number of alkyl halides is 3. The summed E-state index contributed by atoms with van der Waals surface area (Å²) in [5.74, 6) is -1.64. The standard InChI is InChI=1S/C19H17F5N2O/c20-16-7-15-13(10-26-18(15)8-17(16)21)4-5-25-9-12-2-1-3-14(6-12)27-11-19(22,23)24/h1-3,6-8,10,25-26H,4-5,9,11H2. The highest BCUT2D eigenvalue weighted by atomic mass is 19.4. The number of aromatic amines is 1. The zero-order valence-electron chi connectivity index (χ0n) is 14.2. The minimum Gasteiger partial charge on any atom is -0.484 e. The Morgan fingerprint density at radius 3 is 2.59 bits per heavy atom. The average molecular weight is 384 g/mol. The van der Waals surface area contributed by atoms with E-state index in [0.29, 0.717) is 30.4 Å². The molecule has 0 fully saturated rings. The third-order valence-corrected chi connectivity index (χ3v) is 4.01. The molecule has 0 saturated carbocycles. The van der Waals surface area contributed by atoms with Crippen molar-refractivity contribution in [1.82, 2.24) is 10.3 Å². The molecule has 3 nitrogen and oxygen atoms in total. The molecule has 1 heterocycles. The monoisotopic (exact) mass is 384 g/mol. The van der Waals surface area contributed by atoms with E-state index in [4.69, 9.17) is 4.74 Å². The van der Waals surface area contributed by atoms with Gasteiger partial charge in [-0.25, -0.2) is 8.78 Å². The van der Waals surface area contributed by atoms with Crippen LogP contribution in [0.1, 0.15) is 11.1 Å². The first-order valence-electron chi connectivity index (χ1n) is 8.26. The molecule has 27 heavy (non-hydrogen) atoms. The predicted molar refractivity (Wildman–Crippen MR) is 91.6 cm³/mol. The minimum atomic E-state index is -4.38. The number of benzene rings is 2. The predicted octanol–water partition coefficient (Wildman–Crippen LogP) is 4.72. The molecule has 2 aromatic carbocycles. The van der Waals surface area contributed by atoms with Crippen LogP contribution in [0, 0.1) is 11.6 Å². The largest absolute Gasteiger partial charge is 0.484 e. The van der Waals surface area contributed by atoms with E-state index in [1.165, 1.54) is 6.07 Å². The number of ether oxygens (including phenoxy) is 1. The van der Waals surface area contributed by atoms with Gasteiger partial charge < -0.3 is 15.0 Å². The molecule has 0 atom stereocenters. The van der Waals surface area contributed by atoms with Gasteiger partial charge >= 0.3 is 6.18 Å². The van der Waals surface area contributed by atoms with E-state index in [2.05, 4.69) is 10.3 Å². The van der Waals surface area contributed by atoms with Gasteiger partial charge in [-0.15, -0.1) is 0 Å². The number of halogens is 5. The van der Waals surface area contributed by atoms with E-state index in [-0.39, 0.29) is 5.75 Å². The number of nitrogens with one attached hydrogen (secondary N) is 2. The van der Waals surface area contributed by atoms with Gasteiger partial charge in [0.05, 0.1) is 0 Å². The first kappa shape index (κ1) is 19.2. The molecular weight excluding hydrogens is 367 g/mol. The van der Waals surface area contributed by atoms with Crippen LogP contribution in [-0.2, 0) is 13.0 Å². The van der Waals surface area contributed by atoms with Gasteiger partial charge in [-0.3, -0.25) is 0 Å². The molecule has 0 aliphatic rings. The number of hydrogen-bond acceptors (Lipinski definition) is 2. The number of hydrogen-bond donors (Lipinski definition) is 2. The van der Waals surface area contributed by atoms with Crippen molar-refractivity contribution >= 4 is 10.9 Å². The molecule has 144 valence electrons. The maximum atomic E-state index is 13.4. The smallest absolute Gasteiger partial charge is 0.422 e. The summed E-state index contributed by atoms with van der Waals surface area (Å²) < 4.78 is 67.9. The molecular formula is C19H17F5N2O. The van der Waals surface area contributed by atoms with Crippen molar-refractivity contribution in [3.8, 4) is 5.75 Å². The summed E-state index contributed by atoms with van der Waals surface area (Å²) in [6, 6.07) is 8.69. The molecule has 0 saturated heterocycles. The van der Waals surface area contributed by atoms with E-state index in [1.807, 2.05) is 0 Å². The number of aromatic nitrogens is 1. The summed E-state index contributed by atoms with van der Waals surface area (Å²) in [7, 11) is 0. The molecule has 0 amide bonds. The van der Waals surface area contributed by atoms with E-state index in [0.717, 1.165) is 23.3 Å². The van der Waals surface area contributed by atoms with Crippen LogP contribution in [0.3, 0.4) is 0 Å². The van der Waals surface area contributed by atoms with Crippen molar-refractivity contribution < 1.29 is 26.7 Å². The fourth-order valence-electron chi connectivity index (χ4n) is 2.75. The van der Waals surface area contributed by atoms with Gasteiger partial charge in [0.1, 0.15) is 5.75 Å². The Kier molecular flexibility index (Phi) is 5.65. The number of fused-ring (bicyclic) bond motifs is 1. The summed E-state index contributed by atoms with van der Waals surface area (Å²) in [4.78, 5) is 2.91. The Hall–Kier alpha value is -2.61. The van der Waals surface area contributed by atoms with Gasteiger partial charge in [-0.1, -0.05) is 12.1 Å². The normalized spacial score (nSPS) is 11.9. The second-order valence-corrected chi connectivity index (χ2v) is 6.10. The maximum absolute atomic E-state index is 13.4. The zero-order valence-corrected chi connectivity index (χ0v) is 14.2. The molecule has 3 rings (SSSR count). The molecule has 3 aromatic rings. The highest BCUT2D eigenvalue weighted by molar-refractivity contribution is 5.83. The molecule has 2 N–H and O–H groups in total. The summed E-state index contributed by atoms with van der Waals surface area (Å²) in [6.45, 7) is -0.338. The Balaban J connectivity index is 1.53. The first-order valence-corrected chi connectivity index (χ1v) is 8.26. The molecule has 8 heteroatoms. The van der Waals surface area contributed by atoms with Crippen molar-refractivity contribution in [3.05, 3.63) is 65.4 Å². The highest BCUT2D eigenvalue weighted by Crippen LogP contribution is 2.22. The van der Waals surface area contributed by atoms with Gasteiger partial charge in [-0.05, 0) is 42.3 Å². The van der Waals surface area contributed by atoms with Gasteiger partial charge in [0, 0.05) is 29.7 Å². The second-order valence-electron chi connectivity index (χ2n) is 6.10. The molecule has 0 bridgehead atoms. The topological polar surface area (TPSA) is 37.0 Å². The van der Waals surface area contributed by atoms with Crippen molar-refractivity contribution in [2.24, 2.45) is 0 Å². The molecule has 0 radical (unpaired) electrons. The average Bonchev–Trinajstić information content (AvgIpc) is 2.99. The highest BCUT2D eigenvalue weighted by Gasteiger charge is 2.28. The van der Waals surface area contributed by atoms with Gasteiger partial charge in [0.25, 0.3) is 0 Å². The fourth-order valence-corrected chi connectivity index (χ4v) is 2.75. The zero-order chi connectivity index (χ0) is 19.4. The number of H-pyrrole nitrogens is 1. The fraction of sp³-hybridized carbons (Fsp3) is 0.263. The van der Waals surface area contributed by atoms with Crippen molar-refractivity contribution in [2.75, 3.05) is 13.2 Å². The van der Waals surface area contributed by atoms with Crippen LogP contribution in [0.25, 0.3) is 10.9 Å². The Bertz CT molecular complexity index is 920. The van der Waals surface area contributed by atoms with Crippen molar-refractivity contribution in [3.63, 3.8) is 0 Å². The van der Waals surface area contributed by atoms with E-state index >= 15 is 0 Å². The second kappa shape index (κ2) is 7.96. The van der Waals surface area contributed by atoms with Gasteiger partial charge in [0.15, 0.2) is 18.2 Å². The van der Waals surface area contributed by atoms with Gasteiger partial charge in [0.2, 0.25) is 0 Å². The van der Waals surface area contributed by atoms with E-state index in [1.54, 1.807) is 24.4 Å². The SMILES string of the molecule is Fc1cc2[nH]cc(CCNCc3cccc(OCC(F)(F)F)c3)c2cc1F. The van der Waals surface area contributed by atoms with E-state index < -0.39 is 24.4 Å². The van der Waals surface area contributed by atoms with Crippen LogP contribution in [0.5, 0.6) is 5.75 Å². The lowest BCUT2D eigenvalue weighted by Crippen LogP contribution is -2.19. The minimum absolute atomic E-state index is 0.153. The molecule has 0 unspecified atom stereocenters. The lowest BCUT2D eigenvalue weighted by atomic mass is 10.1. The van der Waals surface area contributed by atoms with Crippen LogP contribution in [-0.4, -0.2) is 24.3 Å². The third-order valence-electron chi connectivity index (χ3n) is 4.01. The van der Waals surface area contributed by atoms with Crippen LogP contribution in [0.15, 0.2) is 42.6 Å². The lowest BCUT2D eigenvalue weighted by Gasteiger charge is -2.10. The van der Waals surface area contributed by atoms with E-state index in [9.17, 15) is 22.0 Å². The number of rotatable bonds is 7. The quantitative estimate of drug-likeness (QED) is 0.457. The maximum Gasteiger partial charge on any atom is 0.422 e. The summed E-state index contributed by atoms with van der Waals surface area (Å²) >= 11 is 0. The molecule has 1 aromatic heterocycles. The lowest BCUT2D eigenvalue weighted by molar-refractivity contribution is -0.153. The van der Waals surface area contributed by atoms with Crippen molar-refractivity contribution in [2.45, 2.75) is 19.1 Å². The summed E-state index contributed by atoms with van der Waals surface area (Å²) in [5.41, 5.74) is 2.15. The van der Waals surface area contributed by atoms with Crippen LogP contribution >= 0.6 is 0 Å². The Labute approximate surface area is 152 Å². The van der Waals surface area contributed by atoms with Crippen LogP contribution in [0.2, 0.25) is 0 Å².